The van der Waals surface area contributed by atoms with Crippen LogP contribution in [0.1, 0.15) is 124 Å². The molecule has 0 saturated heterocycles. The Hall–Kier alpha value is 0. The summed E-state index contributed by atoms with van der Waals surface area (Å²) >= 11 is 0. The van der Waals surface area contributed by atoms with E-state index < -0.39 is 0 Å². The number of unbranched alkanes of at least 4 members (excludes halogenated alkanes) is 10. The maximum Gasteiger partial charge on any atom is -0.0412 e. The molecule has 0 heteroatoms. The van der Waals surface area contributed by atoms with Gasteiger partial charge < -0.3 is 0 Å². The maximum atomic E-state index is 2.40. The number of hydrogen-bond donors (Lipinski definition) is 0. The lowest BCUT2D eigenvalue weighted by molar-refractivity contribution is 0.339. The van der Waals surface area contributed by atoms with Gasteiger partial charge in [-0.3, -0.25) is 0 Å². The molecular formula is C21H44. The van der Waals surface area contributed by atoms with Gasteiger partial charge in [-0.2, -0.15) is 0 Å². The van der Waals surface area contributed by atoms with E-state index in [0.717, 1.165) is 11.8 Å². The van der Waals surface area contributed by atoms with Crippen LogP contribution in [0.4, 0.5) is 0 Å². The summed E-state index contributed by atoms with van der Waals surface area (Å²) in [5.41, 5.74) is 0. The minimum absolute atomic E-state index is 0.884. The average Bonchev–Trinajstić information content (AvgIpc) is 2.45. The third-order valence-corrected chi connectivity index (χ3v) is 4.74. The Morgan fingerprint density at radius 3 is 1.33 bits per heavy atom. The highest BCUT2D eigenvalue weighted by molar-refractivity contribution is 4.63. The van der Waals surface area contributed by atoms with Gasteiger partial charge in [-0.15, -0.1) is 0 Å². The quantitative estimate of drug-likeness (QED) is 0.252. The van der Waals surface area contributed by atoms with Gasteiger partial charge in [-0.05, 0) is 18.3 Å². The van der Waals surface area contributed by atoms with Gasteiger partial charge in [-0.25, -0.2) is 0 Å². The molecule has 0 N–H and O–H groups in total. The van der Waals surface area contributed by atoms with E-state index in [1.165, 1.54) is 96.3 Å². The molecule has 0 aliphatic carbocycles. The van der Waals surface area contributed by atoms with Gasteiger partial charge in [0.15, 0.2) is 0 Å². The fraction of sp³-hybridized carbons (Fsp3) is 1.00. The molecule has 1 unspecified atom stereocenters. The van der Waals surface area contributed by atoms with Gasteiger partial charge in [0.25, 0.3) is 0 Å². The summed E-state index contributed by atoms with van der Waals surface area (Å²) in [6, 6.07) is 0. The second kappa shape index (κ2) is 16.4. The Bertz CT molecular complexity index is 182. The molecule has 0 spiro atoms. The van der Waals surface area contributed by atoms with Gasteiger partial charge in [-0.1, -0.05) is 118 Å². The number of rotatable bonds is 16. The molecule has 0 nitrogen and oxygen atoms in total. The summed E-state index contributed by atoms with van der Waals surface area (Å²) in [6.45, 7) is 9.40. The molecule has 0 amide bonds. The van der Waals surface area contributed by atoms with Gasteiger partial charge in [0.1, 0.15) is 0 Å². The van der Waals surface area contributed by atoms with E-state index in [-0.39, 0.29) is 0 Å². The largest absolute Gasteiger partial charge is 0.0654 e. The van der Waals surface area contributed by atoms with Crippen LogP contribution in [0.3, 0.4) is 0 Å². The first-order valence-electron chi connectivity index (χ1n) is 10.2. The Labute approximate surface area is 136 Å². The van der Waals surface area contributed by atoms with Crippen LogP contribution in [-0.4, -0.2) is 0 Å². The molecular weight excluding hydrogens is 252 g/mol. The Balaban J connectivity index is 3.56. The fourth-order valence-electron chi connectivity index (χ4n) is 3.47. The zero-order chi connectivity index (χ0) is 15.8. The summed E-state index contributed by atoms with van der Waals surface area (Å²) in [6.07, 6.45) is 21.9. The summed E-state index contributed by atoms with van der Waals surface area (Å²) in [4.78, 5) is 0. The van der Waals surface area contributed by atoms with Crippen molar-refractivity contribution in [1.82, 2.24) is 0 Å². The lowest BCUT2D eigenvalue weighted by Crippen LogP contribution is -2.05. The van der Waals surface area contributed by atoms with Crippen molar-refractivity contribution < 1.29 is 0 Å². The standard InChI is InChI=1S/C21H44/c1-5-7-9-11-12-13-14-16-18-21(19-20(3)4)17-15-10-8-6-2/h20-21H,5-19H2,1-4H3. The van der Waals surface area contributed by atoms with E-state index in [2.05, 4.69) is 27.7 Å². The van der Waals surface area contributed by atoms with Gasteiger partial charge in [0, 0.05) is 0 Å². The van der Waals surface area contributed by atoms with Crippen molar-refractivity contribution in [1.29, 1.82) is 0 Å². The second-order valence-corrected chi connectivity index (χ2v) is 7.61. The predicted octanol–water partition coefficient (Wildman–Crippen LogP) is 8.15. The zero-order valence-corrected chi connectivity index (χ0v) is 15.8. The molecule has 0 aromatic rings. The van der Waals surface area contributed by atoms with Crippen molar-refractivity contribution in [2.75, 3.05) is 0 Å². The van der Waals surface area contributed by atoms with Crippen LogP contribution in [0.15, 0.2) is 0 Å². The molecule has 0 radical (unpaired) electrons. The van der Waals surface area contributed by atoms with Crippen molar-refractivity contribution in [2.24, 2.45) is 11.8 Å². The average molecular weight is 297 g/mol. The molecule has 0 aliphatic heterocycles. The molecule has 1 atom stereocenters. The van der Waals surface area contributed by atoms with Crippen molar-refractivity contribution in [2.45, 2.75) is 124 Å². The SMILES string of the molecule is CCCCCCCCCCC(CCCCCC)CC(C)C. The van der Waals surface area contributed by atoms with Crippen LogP contribution in [-0.2, 0) is 0 Å². The first-order valence-corrected chi connectivity index (χ1v) is 10.2. The first-order chi connectivity index (χ1) is 10.2. The van der Waals surface area contributed by atoms with Crippen LogP contribution >= 0.6 is 0 Å². The third-order valence-electron chi connectivity index (χ3n) is 4.74. The van der Waals surface area contributed by atoms with Gasteiger partial charge in [0.2, 0.25) is 0 Å². The molecule has 0 fully saturated rings. The lowest BCUT2D eigenvalue weighted by atomic mass is 9.87. The predicted molar refractivity (Wildman–Crippen MR) is 98.9 cm³/mol. The molecule has 0 rings (SSSR count). The summed E-state index contributed by atoms with van der Waals surface area (Å²) in [5.74, 6) is 1.90. The van der Waals surface area contributed by atoms with E-state index in [9.17, 15) is 0 Å². The Kier molecular flexibility index (Phi) is 16.4. The van der Waals surface area contributed by atoms with Crippen molar-refractivity contribution in [3.05, 3.63) is 0 Å². The normalized spacial score (nSPS) is 13.0. The van der Waals surface area contributed by atoms with Crippen LogP contribution in [0.5, 0.6) is 0 Å². The zero-order valence-electron chi connectivity index (χ0n) is 15.8. The molecule has 128 valence electrons. The minimum Gasteiger partial charge on any atom is -0.0654 e. The van der Waals surface area contributed by atoms with Crippen molar-refractivity contribution in [3.8, 4) is 0 Å². The topological polar surface area (TPSA) is 0 Å². The Morgan fingerprint density at radius 2 is 0.905 bits per heavy atom. The monoisotopic (exact) mass is 296 g/mol. The van der Waals surface area contributed by atoms with Crippen LogP contribution in [0.25, 0.3) is 0 Å². The highest BCUT2D eigenvalue weighted by atomic mass is 14.2. The van der Waals surface area contributed by atoms with Crippen LogP contribution < -0.4 is 0 Å². The Morgan fingerprint density at radius 1 is 0.524 bits per heavy atom. The third kappa shape index (κ3) is 16.2. The van der Waals surface area contributed by atoms with E-state index >= 15 is 0 Å². The molecule has 0 aromatic carbocycles. The van der Waals surface area contributed by atoms with Crippen LogP contribution in [0, 0.1) is 11.8 Å². The summed E-state index contributed by atoms with van der Waals surface area (Å²) < 4.78 is 0. The first kappa shape index (κ1) is 21.0. The van der Waals surface area contributed by atoms with E-state index in [4.69, 9.17) is 0 Å². The summed E-state index contributed by atoms with van der Waals surface area (Å²) in [5, 5.41) is 0. The highest BCUT2D eigenvalue weighted by Crippen LogP contribution is 2.25. The lowest BCUT2D eigenvalue weighted by Gasteiger charge is -2.19. The molecule has 0 aromatic heterocycles. The fourth-order valence-corrected chi connectivity index (χ4v) is 3.47. The number of hydrogen-bond acceptors (Lipinski definition) is 0. The van der Waals surface area contributed by atoms with E-state index in [1.54, 1.807) is 0 Å². The smallest absolute Gasteiger partial charge is 0.0412 e. The van der Waals surface area contributed by atoms with E-state index in [1.807, 2.05) is 0 Å². The van der Waals surface area contributed by atoms with Gasteiger partial charge in [0.05, 0.1) is 0 Å². The molecule has 0 aliphatic rings. The van der Waals surface area contributed by atoms with Gasteiger partial charge >= 0.3 is 0 Å². The molecule has 21 heavy (non-hydrogen) atoms. The molecule has 0 bridgehead atoms. The highest BCUT2D eigenvalue weighted by Gasteiger charge is 2.10. The summed E-state index contributed by atoms with van der Waals surface area (Å²) in [7, 11) is 0. The van der Waals surface area contributed by atoms with Crippen molar-refractivity contribution in [3.63, 3.8) is 0 Å². The molecule has 0 saturated carbocycles. The van der Waals surface area contributed by atoms with Crippen molar-refractivity contribution >= 4 is 0 Å². The van der Waals surface area contributed by atoms with E-state index in [0.29, 0.717) is 0 Å². The molecule has 0 heterocycles. The minimum atomic E-state index is 0.884. The second-order valence-electron chi connectivity index (χ2n) is 7.61. The van der Waals surface area contributed by atoms with Crippen LogP contribution in [0.2, 0.25) is 0 Å². The maximum absolute atomic E-state index is 2.40.